The van der Waals surface area contributed by atoms with E-state index < -0.39 is 27.6 Å². The van der Waals surface area contributed by atoms with Crippen molar-refractivity contribution in [2.75, 3.05) is 10.2 Å². The molecule has 4 rings (SSSR count). The highest BCUT2D eigenvalue weighted by molar-refractivity contribution is 6.34. The first-order valence-electron chi connectivity index (χ1n) is 9.09. The molecule has 0 atom stereocenters. The molecule has 0 aliphatic carbocycles. The van der Waals surface area contributed by atoms with Crippen LogP contribution in [0.15, 0.2) is 66.7 Å². The Labute approximate surface area is 179 Å². The standard InChI is InChI=1S/C21H12N4O7/c26-19(22-13-4-6-14(7-5-13)24(29)30)12-2-1-3-15(10-12)23-20(27)17-9-8-16(25(31)32)11-18(17)21(23)28/h1-11H,(H,22,26). The number of non-ortho nitro benzene ring substituents is 2. The fourth-order valence-electron chi connectivity index (χ4n) is 3.23. The van der Waals surface area contributed by atoms with Crippen LogP contribution in [0.1, 0.15) is 31.1 Å². The first-order valence-corrected chi connectivity index (χ1v) is 9.09. The predicted octanol–water partition coefficient (Wildman–Crippen LogP) is 3.56. The van der Waals surface area contributed by atoms with Gasteiger partial charge in [-0.05, 0) is 36.4 Å². The molecule has 0 saturated heterocycles. The Hall–Kier alpha value is -4.93. The first kappa shape index (κ1) is 20.3. The molecule has 0 spiro atoms. The van der Waals surface area contributed by atoms with Gasteiger partial charge in [-0.3, -0.25) is 34.6 Å². The van der Waals surface area contributed by atoms with Gasteiger partial charge in [0.05, 0.1) is 26.7 Å². The van der Waals surface area contributed by atoms with E-state index in [-0.39, 0.29) is 33.8 Å². The van der Waals surface area contributed by atoms with E-state index in [0.717, 1.165) is 17.0 Å². The van der Waals surface area contributed by atoms with E-state index in [4.69, 9.17) is 0 Å². The molecule has 158 valence electrons. The van der Waals surface area contributed by atoms with Gasteiger partial charge in [-0.25, -0.2) is 4.90 Å². The molecule has 32 heavy (non-hydrogen) atoms. The number of hydrogen-bond acceptors (Lipinski definition) is 7. The van der Waals surface area contributed by atoms with Crippen molar-refractivity contribution in [2.45, 2.75) is 0 Å². The maximum absolute atomic E-state index is 12.8. The van der Waals surface area contributed by atoms with Crippen LogP contribution in [-0.4, -0.2) is 27.6 Å². The minimum absolute atomic E-state index is 0.0290. The number of nitro benzene ring substituents is 2. The van der Waals surface area contributed by atoms with E-state index >= 15 is 0 Å². The Kier molecular flexibility index (Phi) is 4.91. The highest BCUT2D eigenvalue weighted by Crippen LogP contribution is 2.31. The minimum Gasteiger partial charge on any atom is -0.322 e. The average Bonchev–Trinajstić information content (AvgIpc) is 3.03. The fraction of sp³-hybridized carbons (Fsp3) is 0. The zero-order valence-corrected chi connectivity index (χ0v) is 16.1. The van der Waals surface area contributed by atoms with Gasteiger partial charge in [0.25, 0.3) is 29.1 Å². The van der Waals surface area contributed by atoms with Crippen LogP contribution < -0.4 is 10.2 Å². The molecular weight excluding hydrogens is 420 g/mol. The monoisotopic (exact) mass is 432 g/mol. The van der Waals surface area contributed by atoms with Crippen molar-refractivity contribution in [2.24, 2.45) is 0 Å². The Bertz CT molecular complexity index is 1320. The first-order chi connectivity index (χ1) is 15.3. The van der Waals surface area contributed by atoms with Crippen LogP contribution in [0.3, 0.4) is 0 Å². The molecule has 3 aromatic rings. The normalized spacial score (nSPS) is 12.4. The Balaban J connectivity index is 1.59. The predicted molar refractivity (Wildman–Crippen MR) is 112 cm³/mol. The van der Waals surface area contributed by atoms with E-state index in [1.165, 1.54) is 54.6 Å². The highest BCUT2D eigenvalue weighted by Gasteiger charge is 2.38. The third-order valence-electron chi connectivity index (χ3n) is 4.78. The summed E-state index contributed by atoms with van der Waals surface area (Å²) in [6.45, 7) is 0. The number of imide groups is 1. The summed E-state index contributed by atoms with van der Waals surface area (Å²) in [5.74, 6) is -1.96. The van der Waals surface area contributed by atoms with Crippen molar-refractivity contribution in [1.29, 1.82) is 0 Å². The van der Waals surface area contributed by atoms with Gasteiger partial charge in [0.1, 0.15) is 0 Å². The molecule has 0 unspecified atom stereocenters. The molecule has 1 aliphatic rings. The number of fused-ring (bicyclic) bond motifs is 1. The lowest BCUT2D eigenvalue weighted by atomic mass is 10.1. The average molecular weight is 432 g/mol. The van der Waals surface area contributed by atoms with Gasteiger partial charge in [0.15, 0.2) is 0 Å². The maximum Gasteiger partial charge on any atom is 0.270 e. The molecule has 11 heteroatoms. The summed E-state index contributed by atoms with van der Waals surface area (Å²) in [7, 11) is 0. The largest absolute Gasteiger partial charge is 0.322 e. The summed E-state index contributed by atoms with van der Waals surface area (Å²) >= 11 is 0. The van der Waals surface area contributed by atoms with Crippen molar-refractivity contribution in [3.8, 4) is 0 Å². The van der Waals surface area contributed by atoms with Gasteiger partial charge in [0.2, 0.25) is 0 Å². The molecular formula is C21H12N4O7. The number of carbonyl (C=O) groups excluding carboxylic acids is 3. The van der Waals surface area contributed by atoms with Crippen molar-refractivity contribution in [3.05, 3.63) is 104 Å². The summed E-state index contributed by atoms with van der Waals surface area (Å²) in [6.07, 6.45) is 0. The van der Waals surface area contributed by atoms with Gasteiger partial charge in [-0.2, -0.15) is 0 Å². The number of carbonyl (C=O) groups is 3. The van der Waals surface area contributed by atoms with E-state index in [9.17, 15) is 34.6 Å². The Morgan fingerprint density at radius 2 is 1.41 bits per heavy atom. The van der Waals surface area contributed by atoms with Crippen LogP contribution >= 0.6 is 0 Å². The van der Waals surface area contributed by atoms with Crippen LogP contribution in [0.2, 0.25) is 0 Å². The topological polar surface area (TPSA) is 153 Å². The molecule has 3 aromatic carbocycles. The van der Waals surface area contributed by atoms with Crippen LogP contribution in [0.4, 0.5) is 22.7 Å². The van der Waals surface area contributed by atoms with Crippen LogP contribution in [0.5, 0.6) is 0 Å². The summed E-state index contributed by atoms with van der Waals surface area (Å²) in [4.78, 5) is 59.4. The second-order valence-electron chi connectivity index (χ2n) is 6.74. The third kappa shape index (κ3) is 3.54. The number of nitrogens with zero attached hydrogens (tertiary/aromatic N) is 3. The molecule has 0 bridgehead atoms. The van der Waals surface area contributed by atoms with Gasteiger partial charge < -0.3 is 5.32 Å². The molecule has 1 heterocycles. The van der Waals surface area contributed by atoms with Crippen molar-refractivity contribution in [1.82, 2.24) is 0 Å². The third-order valence-corrected chi connectivity index (χ3v) is 4.78. The molecule has 1 aliphatic heterocycles. The highest BCUT2D eigenvalue weighted by atomic mass is 16.6. The Morgan fingerprint density at radius 3 is 2.06 bits per heavy atom. The van der Waals surface area contributed by atoms with Crippen molar-refractivity contribution < 1.29 is 24.2 Å². The number of hydrogen-bond donors (Lipinski definition) is 1. The van der Waals surface area contributed by atoms with Gasteiger partial charge >= 0.3 is 0 Å². The van der Waals surface area contributed by atoms with Crippen molar-refractivity contribution in [3.63, 3.8) is 0 Å². The van der Waals surface area contributed by atoms with E-state index in [2.05, 4.69) is 5.32 Å². The SMILES string of the molecule is O=C(Nc1ccc([N+](=O)[O-])cc1)c1cccc(N2C(=O)c3ccc([N+](=O)[O-])cc3C2=O)c1. The van der Waals surface area contributed by atoms with Crippen LogP contribution in [0, 0.1) is 20.2 Å². The molecule has 3 amide bonds. The minimum atomic E-state index is -0.735. The lowest BCUT2D eigenvalue weighted by Gasteiger charge is -2.15. The van der Waals surface area contributed by atoms with E-state index in [0.29, 0.717) is 5.69 Å². The number of benzene rings is 3. The lowest BCUT2D eigenvalue weighted by molar-refractivity contribution is -0.385. The zero-order valence-electron chi connectivity index (χ0n) is 16.1. The second kappa shape index (κ2) is 7.72. The van der Waals surface area contributed by atoms with Crippen LogP contribution in [0.25, 0.3) is 0 Å². The molecule has 0 radical (unpaired) electrons. The number of nitrogens with one attached hydrogen (secondary N) is 1. The molecule has 1 N–H and O–H groups in total. The quantitative estimate of drug-likeness (QED) is 0.367. The van der Waals surface area contributed by atoms with Gasteiger partial charge in [-0.1, -0.05) is 6.07 Å². The van der Waals surface area contributed by atoms with Crippen LogP contribution in [-0.2, 0) is 0 Å². The fourth-order valence-corrected chi connectivity index (χ4v) is 3.23. The number of anilines is 2. The molecule has 0 aromatic heterocycles. The number of nitro groups is 2. The smallest absolute Gasteiger partial charge is 0.270 e. The molecule has 0 fully saturated rings. The Morgan fingerprint density at radius 1 is 0.781 bits per heavy atom. The number of amides is 3. The summed E-state index contributed by atoms with van der Waals surface area (Å²) < 4.78 is 0. The summed E-state index contributed by atoms with van der Waals surface area (Å²) in [5.41, 5.74) is 0.0581. The second-order valence-corrected chi connectivity index (χ2v) is 6.74. The summed E-state index contributed by atoms with van der Waals surface area (Å²) in [5, 5.41) is 24.3. The van der Waals surface area contributed by atoms with E-state index in [1.54, 1.807) is 0 Å². The lowest BCUT2D eigenvalue weighted by Crippen LogP contribution is -2.29. The molecule has 0 saturated carbocycles. The maximum atomic E-state index is 12.8. The van der Waals surface area contributed by atoms with Crippen molar-refractivity contribution >= 4 is 40.5 Å². The van der Waals surface area contributed by atoms with Gasteiger partial charge in [0, 0.05) is 35.5 Å². The zero-order chi connectivity index (χ0) is 23.0. The van der Waals surface area contributed by atoms with E-state index in [1.807, 2.05) is 0 Å². The number of rotatable bonds is 5. The molecule has 11 nitrogen and oxygen atoms in total. The van der Waals surface area contributed by atoms with Gasteiger partial charge in [-0.15, -0.1) is 0 Å². The summed E-state index contributed by atoms with van der Waals surface area (Å²) in [6, 6.07) is 14.4.